The molecule has 0 heterocycles. The van der Waals surface area contributed by atoms with Crippen LogP contribution in [0.5, 0.6) is 11.5 Å². The summed E-state index contributed by atoms with van der Waals surface area (Å²) in [6.07, 6.45) is 1.94. The van der Waals surface area contributed by atoms with Crippen LogP contribution < -0.4 is 10.5 Å². The Morgan fingerprint density at radius 2 is 2.14 bits per heavy atom. The molecule has 3 N–H and O–H groups in total. The minimum Gasteiger partial charge on any atom is -0.507 e. The van der Waals surface area contributed by atoms with Crippen molar-refractivity contribution in [3.05, 3.63) is 22.2 Å². The molecular weight excluding hydrogens is 246 g/mol. The molecule has 2 rings (SSSR count). The molecule has 1 aromatic rings. The van der Waals surface area contributed by atoms with Crippen LogP contribution in [0.2, 0.25) is 0 Å². The molecule has 0 radical (unpaired) electrons. The number of halogens is 1. The van der Waals surface area contributed by atoms with Crippen molar-refractivity contribution in [1.29, 1.82) is 0 Å². The lowest BCUT2D eigenvalue weighted by Crippen LogP contribution is -2.18. The van der Waals surface area contributed by atoms with Gasteiger partial charge in [-0.15, -0.1) is 0 Å². The van der Waals surface area contributed by atoms with Crippen LogP contribution in [-0.4, -0.2) is 12.2 Å². The molecule has 0 bridgehead atoms. The summed E-state index contributed by atoms with van der Waals surface area (Å²) >= 11 is 3.25. The highest BCUT2D eigenvalue weighted by atomic mass is 79.9. The van der Waals surface area contributed by atoms with Crippen LogP contribution in [0, 0.1) is 0 Å². The van der Waals surface area contributed by atoms with Crippen LogP contribution in [0.3, 0.4) is 0 Å². The van der Waals surface area contributed by atoms with E-state index in [4.69, 9.17) is 10.5 Å². The van der Waals surface area contributed by atoms with Crippen LogP contribution in [-0.2, 0) is 5.54 Å². The normalized spacial score (nSPS) is 17.9. The molecule has 0 unspecified atom stereocenters. The van der Waals surface area contributed by atoms with Crippen molar-refractivity contribution in [2.45, 2.75) is 18.4 Å². The third-order valence-electron chi connectivity index (χ3n) is 2.60. The van der Waals surface area contributed by atoms with Crippen LogP contribution in [0.4, 0.5) is 0 Å². The van der Waals surface area contributed by atoms with Crippen molar-refractivity contribution in [1.82, 2.24) is 0 Å². The molecule has 4 heteroatoms. The van der Waals surface area contributed by atoms with Crippen molar-refractivity contribution >= 4 is 15.9 Å². The van der Waals surface area contributed by atoms with Gasteiger partial charge in [0.15, 0.2) is 0 Å². The maximum atomic E-state index is 9.62. The topological polar surface area (TPSA) is 55.5 Å². The smallest absolute Gasteiger partial charge is 0.137 e. The molecule has 14 heavy (non-hydrogen) atoms. The number of ether oxygens (including phenoxy) is 1. The highest BCUT2D eigenvalue weighted by Gasteiger charge is 2.40. The SMILES string of the molecule is COc1cc(C2(N)CC2)cc(O)c1Br. The minimum atomic E-state index is -0.245. The lowest BCUT2D eigenvalue weighted by atomic mass is 10.1. The van der Waals surface area contributed by atoms with Crippen molar-refractivity contribution in [3.8, 4) is 11.5 Å². The highest BCUT2D eigenvalue weighted by Crippen LogP contribution is 2.46. The summed E-state index contributed by atoms with van der Waals surface area (Å²) < 4.78 is 5.70. The van der Waals surface area contributed by atoms with Crippen LogP contribution in [0.15, 0.2) is 16.6 Å². The van der Waals surface area contributed by atoms with Crippen LogP contribution in [0.1, 0.15) is 18.4 Å². The fourth-order valence-corrected chi connectivity index (χ4v) is 1.83. The van der Waals surface area contributed by atoms with Gasteiger partial charge in [0.05, 0.1) is 7.11 Å². The maximum Gasteiger partial charge on any atom is 0.137 e. The lowest BCUT2D eigenvalue weighted by Gasteiger charge is -2.13. The summed E-state index contributed by atoms with van der Waals surface area (Å²) in [5.74, 6) is 0.799. The van der Waals surface area contributed by atoms with E-state index in [0.29, 0.717) is 10.2 Å². The highest BCUT2D eigenvalue weighted by molar-refractivity contribution is 9.10. The van der Waals surface area contributed by atoms with Gasteiger partial charge in [-0.25, -0.2) is 0 Å². The zero-order chi connectivity index (χ0) is 10.3. The van der Waals surface area contributed by atoms with E-state index in [2.05, 4.69) is 15.9 Å². The summed E-state index contributed by atoms with van der Waals surface area (Å²) in [6.45, 7) is 0. The first-order chi connectivity index (χ1) is 6.57. The summed E-state index contributed by atoms with van der Waals surface area (Å²) in [6, 6.07) is 3.57. The Morgan fingerprint density at radius 3 is 2.64 bits per heavy atom. The predicted octanol–water partition coefficient (Wildman–Crippen LogP) is 2.11. The summed E-state index contributed by atoms with van der Waals surface area (Å²) in [5, 5.41) is 9.62. The Morgan fingerprint density at radius 1 is 1.50 bits per heavy atom. The number of rotatable bonds is 2. The van der Waals surface area contributed by atoms with E-state index in [9.17, 15) is 5.11 Å². The third-order valence-corrected chi connectivity index (χ3v) is 3.40. The van der Waals surface area contributed by atoms with E-state index in [1.807, 2.05) is 6.07 Å². The van der Waals surface area contributed by atoms with Gasteiger partial charge in [-0.2, -0.15) is 0 Å². The minimum absolute atomic E-state index is 0.177. The van der Waals surface area contributed by atoms with Crippen molar-refractivity contribution < 1.29 is 9.84 Å². The number of hydrogen-bond donors (Lipinski definition) is 2. The number of phenols is 1. The van der Waals surface area contributed by atoms with E-state index in [0.717, 1.165) is 18.4 Å². The van der Waals surface area contributed by atoms with E-state index in [1.54, 1.807) is 13.2 Å². The van der Waals surface area contributed by atoms with E-state index in [-0.39, 0.29) is 11.3 Å². The van der Waals surface area contributed by atoms with Gasteiger partial charge < -0.3 is 15.6 Å². The molecular formula is C10H12BrNO2. The zero-order valence-corrected chi connectivity index (χ0v) is 9.47. The molecule has 1 aliphatic carbocycles. The second kappa shape index (κ2) is 3.14. The van der Waals surface area contributed by atoms with Crippen molar-refractivity contribution in [3.63, 3.8) is 0 Å². The number of aromatic hydroxyl groups is 1. The molecule has 0 saturated heterocycles. The number of nitrogens with two attached hydrogens (primary N) is 1. The molecule has 0 atom stereocenters. The van der Waals surface area contributed by atoms with Gasteiger partial charge in [-0.3, -0.25) is 0 Å². The van der Waals surface area contributed by atoms with Gasteiger partial charge >= 0.3 is 0 Å². The molecule has 0 aromatic heterocycles. The zero-order valence-electron chi connectivity index (χ0n) is 7.88. The average molecular weight is 258 g/mol. The first kappa shape index (κ1) is 9.80. The van der Waals surface area contributed by atoms with Crippen LogP contribution >= 0.6 is 15.9 Å². The Labute approximate surface area is 91.0 Å². The maximum absolute atomic E-state index is 9.62. The standard InChI is InChI=1S/C10H12BrNO2/c1-14-8-5-6(10(12)2-3-10)4-7(13)9(8)11/h4-5,13H,2-3,12H2,1H3. The van der Waals surface area contributed by atoms with Gasteiger partial charge in [0.2, 0.25) is 0 Å². The van der Waals surface area contributed by atoms with Gasteiger partial charge in [0.1, 0.15) is 16.0 Å². The number of phenolic OH excluding ortho intramolecular Hbond substituents is 1. The molecule has 0 amide bonds. The molecule has 1 aliphatic rings. The van der Waals surface area contributed by atoms with Crippen LogP contribution in [0.25, 0.3) is 0 Å². The van der Waals surface area contributed by atoms with Gasteiger partial charge in [-0.1, -0.05) is 0 Å². The van der Waals surface area contributed by atoms with Gasteiger partial charge in [-0.05, 0) is 46.5 Å². The lowest BCUT2D eigenvalue weighted by molar-refractivity contribution is 0.401. The Hall–Kier alpha value is -0.740. The summed E-state index contributed by atoms with van der Waals surface area (Å²) in [5.41, 5.74) is 6.72. The molecule has 3 nitrogen and oxygen atoms in total. The fourth-order valence-electron chi connectivity index (χ4n) is 1.44. The number of benzene rings is 1. The quantitative estimate of drug-likeness (QED) is 0.854. The van der Waals surface area contributed by atoms with Crippen molar-refractivity contribution in [2.24, 2.45) is 5.73 Å². The molecule has 1 aromatic carbocycles. The first-order valence-corrected chi connectivity index (χ1v) is 5.22. The fraction of sp³-hybridized carbons (Fsp3) is 0.400. The Bertz CT molecular complexity index is 375. The number of methoxy groups -OCH3 is 1. The van der Waals surface area contributed by atoms with Gasteiger partial charge in [0.25, 0.3) is 0 Å². The second-order valence-electron chi connectivity index (χ2n) is 3.67. The average Bonchev–Trinajstić information content (AvgIpc) is 2.89. The number of hydrogen-bond acceptors (Lipinski definition) is 3. The van der Waals surface area contributed by atoms with E-state index < -0.39 is 0 Å². The second-order valence-corrected chi connectivity index (χ2v) is 4.46. The van der Waals surface area contributed by atoms with Crippen molar-refractivity contribution in [2.75, 3.05) is 7.11 Å². The Kier molecular flexibility index (Phi) is 2.20. The Balaban J connectivity index is 2.48. The van der Waals surface area contributed by atoms with E-state index >= 15 is 0 Å². The molecule has 0 aliphatic heterocycles. The van der Waals surface area contributed by atoms with Gasteiger partial charge in [0, 0.05) is 5.54 Å². The molecule has 1 fully saturated rings. The summed E-state index contributed by atoms with van der Waals surface area (Å²) in [7, 11) is 1.57. The first-order valence-electron chi connectivity index (χ1n) is 4.43. The predicted molar refractivity (Wildman–Crippen MR) is 57.5 cm³/mol. The monoisotopic (exact) mass is 257 g/mol. The molecule has 0 spiro atoms. The third kappa shape index (κ3) is 1.48. The van der Waals surface area contributed by atoms with E-state index in [1.165, 1.54) is 0 Å². The molecule has 1 saturated carbocycles. The largest absolute Gasteiger partial charge is 0.507 e. The molecule has 76 valence electrons. The summed E-state index contributed by atoms with van der Waals surface area (Å²) in [4.78, 5) is 0.